The second-order valence-electron chi connectivity index (χ2n) is 4.66. The number of rotatable bonds is 7. The molecule has 1 heterocycles. The number of nitrogens with two attached hydrogens (primary N) is 1. The first kappa shape index (κ1) is 17.3. The number of carbonyl (C=O) groups excluding carboxylic acids is 1. The van der Waals surface area contributed by atoms with Crippen molar-refractivity contribution >= 4 is 34.9 Å². The summed E-state index contributed by atoms with van der Waals surface area (Å²) < 4.78 is 5.57. The lowest BCUT2D eigenvalue weighted by atomic mass is 10.1. The number of nitrogens with one attached hydrogen (secondary N) is 1. The molecule has 3 N–H and O–H groups in total. The normalized spacial score (nSPS) is 10.4. The lowest BCUT2D eigenvalue weighted by Crippen LogP contribution is -2.17. The maximum Gasteiger partial charge on any atom is 0.252 e. The van der Waals surface area contributed by atoms with Crippen LogP contribution in [0.2, 0.25) is 10.2 Å². The van der Waals surface area contributed by atoms with Gasteiger partial charge in [-0.3, -0.25) is 4.79 Å². The smallest absolute Gasteiger partial charge is 0.252 e. The summed E-state index contributed by atoms with van der Waals surface area (Å²) in [6.45, 7) is 2.98. The van der Waals surface area contributed by atoms with Gasteiger partial charge in [-0.25, -0.2) is 0 Å². The van der Waals surface area contributed by atoms with Gasteiger partial charge in [0.05, 0.1) is 12.2 Å². The summed E-state index contributed by atoms with van der Waals surface area (Å²) in [6, 6.07) is 6.83. The molecule has 8 heteroatoms. The molecule has 0 saturated heterocycles. The van der Waals surface area contributed by atoms with E-state index >= 15 is 0 Å². The van der Waals surface area contributed by atoms with Gasteiger partial charge in [-0.05, 0) is 43.2 Å². The number of primary amides is 1. The Hall–Kier alpha value is -2.05. The first-order valence-corrected chi connectivity index (χ1v) is 7.75. The standard InChI is InChI=1S/C15H16Cl2N4O2/c1-2-23-12-4-3-10(16)7-9(12)5-6-19-15-11(14(18)22)8-13(17)20-21-15/h3-4,7-8H,2,5-6H2,1H3,(H2,18,22)(H,19,21). The molecule has 0 fully saturated rings. The van der Waals surface area contributed by atoms with Gasteiger partial charge in [0.2, 0.25) is 0 Å². The Morgan fingerprint density at radius 1 is 1.30 bits per heavy atom. The molecule has 1 aromatic carbocycles. The van der Waals surface area contributed by atoms with Crippen LogP contribution in [0.25, 0.3) is 0 Å². The van der Waals surface area contributed by atoms with E-state index in [0.717, 1.165) is 11.3 Å². The molecule has 0 aliphatic rings. The number of halogens is 2. The summed E-state index contributed by atoms with van der Waals surface area (Å²) >= 11 is 11.7. The third-order valence-electron chi connectivity index (χ3n) is 3.04. The summed E-state index contributed by atoms with van der Waals surface area (Å²) in [7, 11) is 0. The number of hydrogen-bond donors (Lipinski definition) is 2. The van der Waals surface area contributed by atoms with Gasteiger partial charge in [0.15, 0.2) is 11.0 Å². The molecule has 1 amide bonds. The zero-order valence-electron chi connectivity index (χ0n) is 12.5. The van der Waals surface area contributed by atoms with Gasteiger partial charge in [-0.1, -0.05) is 23.2 Å². The van der Waals surface area contributed by atoms with E-state index in [1.807, 2.05) is 19.1 Å². The minimum Gasteiger partial charge on any atom is -0.494 e. The van der Waals surface area contributed by atoms with Crippen LogP contribution in [0.3, 0.4) is 0 Å². The van der Waals surface area contributed by atoms with Gasteiger partial charge in [0.25, 0.3) is 5.91 Å². The van der Waals surface area contributed by atoms with E-state index in [0.29, 0.717) is 30.4 Å². The highest BCUT2D eigenvalue weighted by Crippen LogP contribution is 2.24. The number of hydrogen-bond acceptors (Lipinski definition) is 5. The summed E-state index contributed by atoms with van der Waals surface area (Å²) in [4.78, 5) is 11.4. The Labute approximate surface area is 143 Å². The van der Waals surface area contributed by atoms with Crippen LogP contribution in [0.5, 0.6) is 5.75 Å². The number of anilines is 1. The van der Waals surface area contributed by atoms with E-state index in [1.54, 1.807) is 6.07 Å². The van der Waals surface area contributed by atoms with Crippen molar-refractivity contribution in [3.05, 3.63) is 45.6 Å². The van der Waals surface area contributed by atoms with Crippen molar-refractivity contribution in [2.24, 2.45) is 5.73 Å². The lowest BCUT2D eigenvalue weighted by Gasteiger charge is -2.12. The molecule has 0 spiro atoms. The Balaban J connectivity index is 2.08. The van der Waals surface area contributed by atoms with Crippen molar-refractivity contribution in [2.45, 2.75) is 13.3 Å². The van der Waals surface area contributed by atoms with Crippen LogP contribution in [-0.2, 0) is 6.42 Å². The van der Waals surface area contributed by atoms with E-state index in [4.69, 9.17) is 33.7 Å². The zero-order valence-corrected chi connectivity index (χ0v) is 14.0. The fraction of sp³-hybridized carbons (Fsp3) is 0.267. The number of aromatic nitrogens is 2. The maximum absolute atomic E-state index is 11.4. The summed E-state index contributed by atoms with van der Waals surface area (Å²) in [5.74, 6) is 0.444. The van der Waals surface area contributed by atoms with Crippen molar-refractivity contribution in [2.75, 3.05) is 18.5 Å². The molecule has 0 atom stereocenters. The van der Waals surface area contributed by atoms with Gasteiger partial charge in [-0.2, -0.15) is 0 Å². The first-order chi connectivity index (χ1) is 11.0. The maximum atomic E-state index is 11.4. The number of nitrogens with zero attached hydrogens (tertiary/aromatic N) is 2. The SMILES string of the molecule is CCOc1ccc(Cl)cc1CCNc1nnc(Cl)cc1C(N)=O. The summed E-state index contributed by atoms with van der Waals surface area (Å²) in [5, 5.41) is 11.3. The van der Waals surface area contributed by atoms with Gasteiger partial charge in [0.1, 0.15) is 5.75 Å². The van der Waals surface area contributed by atoms with Crippen molar-refractivity contribution in [1.29, 1.82) is 0 Å². The number of benzene rings is 1. The van der Waals surface area contributed by atoms with Crippen molar-refractivity contribution < 1.29 is 9.53 Å². The van der Waals surface area contributed by atoms with Crippen LogP contribution in [-0.4, -0.2) is 29.3 Å². The van der Waals surface area contributed by atoms with Gasteiger partial charge in [-0.15, -0.1) is 10.2 Å². The van der Waals surface area contributed by atoms with E-state index in [9.17, 15) is 4.79 Å². The van der Waals surface area contributed by atoms with E-state index in [-0.39, 0.29) is 10.7 Å². The van der Waals surface area contributed by atoms with Crippen LogP contribution >= 0.6 is 23.2 Å². The van der Waals surface area contributed by atoms with Crippen LogP contribution in [0.15, 0.2) is 24.3 Å². The highest BCUT2D eigenvalue weighted by molar-refractivity contribution is 6.30. The lowest BCUT2D eigenvalue weighted by molar-refractivity contribution is 0.100. The van der Waals surface area contributed by atoms with Crippen molar-refractivity contribution in [3.8, 4) is 5.75 Å². The Kier molecular flexibility index (Phi) is 6.01. The predicted molar refractivity (Wildman–Crippen MR) is 90.4 cm³/mol. The molecular formula is C15H16Cl2N4O2. The zero-order chi connectivity index (χ0) is 16.8. The average Bonchev–Trinajstić information content (AvgIpc) is 2.51. The molecule has 0 aliphatic heterocycles. The molecule has 1 aromatic heterocycles. The highest BCUT2D eigenvalue weighted by atomic mass is 35.5. The Morgan fingerprint density at radius 2 is 2.09 bits per heavy atom. The molecule has 0 unspecified atom stereocenters. The Bertz CT molecular complexity index is 710. The van der Waals surface area contributed by atoms with E-state index < -0.39 is 5.91 Å². The first-order valence-electron chi connectivity index (χ1n) is 6.99. The monoisotopic (exact) mass is 354 g/mol. The average molecular weight is 355 g/mol. The van der Waals surface area contributed by atoms with Crippen molar-refractivity contribution in [3.63, 3.8) is 0 Å². The molecule has 122 valence electrons. The number of carbonyl (C=O) groups is 1. The molecular weight excluding hydrogens is 339 g/mol. The van der Waals surface area contributed by atoms with Crippen LogP contribution in [0.4, 0.5) is 5.82 Å². The largest absolute Gasteiger partial charge is 0.494 e. The molecule has 0 radical (unpaired) electrons. The fourth-order valence-electron chi connectivity index (χ4n) is 2.04. The van der Waals surface area contributed by atoms with Gasteiger partial charge in [0, 0.05) is 11.6 Å². The quantitative estimate of drug-likeness (QED) is 0.797. The third kappa shape index (κ3) is 4.71. The minimum atomic E-state index is -0.623. The molecule has 2 rings (SSSR count). The van der Waals surface area contributed by atoms with Crippen LogP contribution in [0, 0.1) is 0 Å². The second kappa shape index (κ2) is 7.99. The Morgan fingerprint density at radius 3 is 2.78 bits per heavy atom. The summed E-state index contributed by atoms with van der Waals surface area (Å²) in [5.41, 5.74) is 6.46. The molecule has 2 aromatic rings. The number of ether oxygens (including phenoxy) is 1. The number of amides is 1. The van der Waals surface area contributed by atoms with Crippen molar-refractivity contribution in [1.82, 2.24) is 10.2 Å². The third-order valence-corrected chi connectivity index (χ3v) is 3.46. The second-order valence-corrected chi connectivity index (χ2v) is 5.48. The minimum absolute atomic E-state index is 0.109. The predicted octanol–water partition coefficient (Wildman–Crippen LogP) is 2.94. The molecule has 23 heavy (non-hydrogen) atoms. The van der Waals surface area contributed by atoms with E-state index in [2.05, 4.69) is 15.5 Å². The highest BCUT2D eigenvalue weighted by Gasteiger charge is 2.12. The molecule has 0 aliphatic carbocycles. The molecule has 0 bridgehead atoms. The van der Waals surface area contributed by atoms with Crippen LogP contribution < -0.4 is 15.8 Å². The molecule has 6 nitrogen and oxygen atoms in total. The summed E-state index contributed by atoms with van der Waals surface area (Å²) in [6.07, 6.45) is 0.623. The van der Waals surface area contributed by atoms with Gasteiger partial charge >= 0.3 is 0 Å². The topological polar surface area (TPSA) is 90.1 Å². The van der Waals surface area contributed by atoms with Crippen LogP contribution in [0.1, 0.15) is 22.8 Å². The molecule has 0 saturated carbocycles. The fourth-order valence-corrected chi connectivity index (χ4v) is 2.38. The van der Waals surface area contributed by atoms with E-state index in [1.165, 1.54) is 6.07 Å². The van der Waals surface area contributed by atoms with Gasteiger partial charge < -0.3 is 15.8 Å².